The number of nitrogens with zero attached hydrogens (tertiary/aromatic N) is 1. The zero-order valence-corrected chi connectivity index (χ0v) is 13.6. The van der Waals surface area contributed by atoms with Gasteiger partial charge in [-0.3, -0.25) is 4.79 Å². The summed E-state index contributed by atoms with van der Waals surface area (Å²) >= 11 is 0. The lowest BCUT2D eigenvalue weighted by molar-refractivity contribution is -0.274. The van der Waals surface area contributed by atoms with Crippen LogP contribution in [0.3, 0.4) is 0 Å². The Labute approximate surface area is 138 Å². The van der Waals surface area contributed by atoms with Gasteiger partial charge in [-0.15, -0.1) is 0 Å². The van der Waals surface area contributed by atoms with E-state index in [1.165, 1.54) is 17.9 Å². The van der Waals surface area contributed by atoms with Crippen LogP contribution in [0.5, 0.6) is 0 Å². The molecule has 3 atom stereocenters. The molecule has 1 aromatic rings. The summed E-state index contributed by atoms with van der Waals surface area (Å²) in [5.74, 6) is -0.639. The minimum atomic E-state index is -4.99. The Kier molecular flexibility index (Phi) is 4.40. The van der Waals surface area contributed by atoms with Gasteiger partial charge in [0, 0.05) is 12.6 Å². The number of amides is 1. The van der Waals surface area contributed by atoms with Gasteiger partial charge in [-0.05, 0) is 44.2 Å². The summed E-state index contributed by atoms with van der Waals surface area (Å²) in [4.78, 5) is 14.1. The van der Waals surface area contributed by atoms with Crippen molar-refractivity contribution in [2.45, 2.75) is 63.3 Å². The predicted octanol–water partition coefficient (Wildman–Crippen LogP) is 3.52. The van der Waals surface area contributed by atoms with Crippen molar-refractivity contribution >= 4 is 5.91 Å². The van der Waals surface area contributed by atoms with Crippen molar-refractivity contribution < 1.29 is 27.5 Å². The van der Waals surface area contributed by atoms with Crippen LogP contribution in [-0.4, -0.2) is 34.7 Å². The van der Waals surface area contributed by atoms with Crippen LogP contribution in [0, 0.1) is 12.8 Å². The fourth-order valence-corrected chi connectivity index (χ4v) is 4.02. The number of aryl methyl sites for hydroxylation is 1. The topological polar surface area (TPSA) is 53.7 Å². The number of hydrogen-bond acceptors (Lipinski definition) is 3. The van der Waals surface area contributed by atoms with Gasteiger partial charge in [-0.2, -0.15) is 13.2 Å². The van der Waals surface area contributed by atoms with Crippen molar-refractivity contribution in [3.8, 4) is 0 Å². The summed E-state index contributed by atoms with van der Waals surface area (Å²) in [5, 5.41) is 10.3. The Morgan fingerprint density at radius 2 is 2.00 bits per heavy atom. The van der Waals surface area contributed by atoms with E-state index in [2.05, 4.69) is 0 Å². The van der Waals surface area contributed by atoms with Gasteiger partial charge < -0.3 is 14.4 Å². The highest BCUT2D eigenvalue weighted by atomic mass is 19.4. The molecule has 1 amide bonds. The van der Waals surface area contributed by atoms with Crippen LogP contribution < -0.4 is 0 Å². The van der Waals surface area contributed by atoms with Gasteiger partial charge in [-0.1, -0.05) is 12.8 Å². The molecular formula is C17H22F3NO3. The summed E-state index contributed by atoms with van der Waals surface area (Å²) in [6, 6.07) is 2.45. The Morgan fingerprint density at radius 3 is 2.62 bits per heavy atom. The van der Waals surface area contributed by atoms with Crippen molar-refractivity contribution in [1.82, 2.24) is 4.90 Å². The van der Waals surface area contributed by atoms with E-state index in [1.54, 1.807) is 0 Å². The van der Waals surface area contributed by atoms with Gasteiger partial charge in [0.15, 0.2) is 0 Å². The number of alkyl halides is 3. The molecule has 2 fully saturated rings. The minimum Gasteiger partial charge on any atom is -0.463 e. The SMILES string of the molecule is Cc1ccc(C(O)(CC(=O)N2CCC3CCCCC32)C(F)(F)F)o1. The van der Waals surface area contributed by atoms with Gasteiger partial charge in [0.1, 0.15) is 11.5 Å². The fourth-order valence-electron chi connectivity index (χ4n) is 4.02. The molecule has 3 unspecified atom stereocenters. The van der Waals surface area contributed by atoms with Crippen LogP contribution in [0.2, 0.25) is 0 Å². The van der Waals surface area contributed by atoms with E-state index in [9.17, 15) is 23.1 Å². The van der Waals surface area contributed by atoms with Gasteiger partial charge >= 0.3 is 6.18 Å². The lowest BCUT2D eigenvalue weighted by Gasteiger charge is -2.34. The molecule has 2 aliphatic rings. The first kappa shape index (κ1) is 17.3. The Hall–Kier alpha value is -1.50. The number of carbonyl (C=O) groups is 1. The molecule has 1 aromatic heterocycles. The molecular weight excluding hydrogens is 323 g/mol. The van der Waals surface area contributed by atoms with Crippen molar-refractivity contribution in [3.05, 3.63) is 23.7 Å². The second kappa shape index (κ2) is 6.10. The standard InChI is InChI=1S/C17H22F3NO3/c1-11-6-7-14(24-11)16(23,17(18,19)20)10-15(22)21-9-8-12-4-2-3-5-13(12)21/h6-7,12-13,23H,2-5,8-10H2,1H3. The molecule has 0 bridgehead atoms. The van der Waals surface area contributed by atoms with Crippen LogP contribution in [0.4, 0.5) is 13.2 Å². The highest BCUT2D eigenvalue weighted by Gasteiger charge is 2.59. The summed E-state index contributed by atoms with van der Waals surface area (Å²) in [6.45, 7) is 1.97. The number of carbonyl (C=O) groups excluding carboxylic acids is 1. The maximum Gasteiger partial charge on any atom is 0.425 e. The fraction of sp³-hybridized carbons (Fsp3) is 0.706. The van der Waals surface area contributed by atoms with E-state index in [1.807, 2.05) is 0 Å². The average molecular weight is 345 g/mol. The number of fused-ring (bicyclic) bond motifs is 1. The van der Waals surface area contributed by atoms with Crippen molar-refractivity contribution in [3.63, 3.8) is 0 Å². The Bertz CT molecular complexity index is 612. The van der Waals surface area contributed by atoms with Crippen LogP contribution in [0.25, 0.3) is 0 Å². The molecule has 4 nitrogen and oxygen atoms in total. The second-order valence-corrected chi connectivity index (χ2v) is 6.93. The lowest BCUT2D eigenvalue weighted by atomic mass is 9.85. The third kappa shape index (κ3) is 2.94. The monoisotopic (exact) mass is 345 g/mol. The van der Waals surface area contributed by atoms with Crippen LogP contribution in [0.1, 0.15) is 50.0 Å². The molecule has 0 aromatic carbocycles. The van der Waals surface area contributed by atoms with E-state index in [-0.39, 0.29) is 11.8 Å². The van der Waals surface area contributed by atoms with E-state index in [4.69, 9.17) is 4.42 Å². The zero-order chi connectivity index (χ0) is 17.5. The summed E-state index contributed by atoms with van der Waals surface area (Å²) in [6.07, 6.45) is -1.23. The van der Waals surface area contributed by atoms with Crippen molar-refractivity contribution in [2.75, 3.05) is 6.54 Å². The van der Waals surface area contributed by atoms with Gasteiger partial charge in [-0.25, -0.2) is 0 Å². The molecule has 2 heterocycles. The van der Waals surface area contributed by atoms with Crippen molar-refractivity contribution in [1.29, 1.82) is 0 Å². The Balaban J connectivity index is 1.81. The maximum atomic E-state index is 13.5. The summed E-state index contributed by atoms with van der Waals surface area (Å²) in [7, 11) is 0. The van der Waals surface area contributed by atoms with Crippen LogP contribution in [0.15, 0.2) is 16.5 Å². The first-order chi connectivity index (χ1) is 11.2. The maximum absolute atomic E-state index is 13.5. The first-order valence-corrected chi connectivity index (χ1v) is 8.38. The predicted molar refractivity (Wildman–Crippen MR) is 80.1 cm³/mol. The molecule has 1 aliphatic carbocycles. The molecule has 7 heteroatoms. The number of likely N-dealkylation sites (tertiary alicyclic amines) is 1. The number of aliphatic hydroxyl groups is 1. The molecule has 1 saturated carbocycles. The molecule has 1 aliphatic heterocycles. The molecule has 3 rings (SSSR count). The highest BCUT2D eigenvalue weighted by molar-refractivity contribution is 5.78. The van der Waals surface area contributed by atoms with E-state index < -0.39 is 29.9 Å². The summed E-state index contributed by atoms with van der Waals surface area (Å²) < 4.78 is 45.5. The first-order valence-electron chi connectivity index (χ1n) is 8.38. The molecule has 134 valence electrons. The molecule has 1 saturated heterocycles. The normalized spacial score (nSPS) is 27.0. The Morgan fingerprint density at radius 1 is 1.29 bits per heavy atom. The molecule has 1 N–H and O–H groups in total. The lowest BCUT2D eigenvalue weighted by Crippen LogP contribution is -2.48. The largest absolute Gasteiger partial charge is 0.463 e. The second-order valence-electron chi connectivity index (χ2n) is 6.93. The third-order valence-corrected chi connectivity index (χ3v) is 5.35. The number of rotatable bonds is 3. The van der Waals surface area contributed by atoms with Crippen molar-refractivity contribution in [2.24, 2.45) is 5.92 Å². The number of halogens is 3. The third-order valence-electron chi connectivity index (χ3n) is 5.35. The average Bonchev–Trinajstić information content (AvgIpc) is 3.12. The minimum absolute atomic E-state index is 0.0158. The molecule has 24 heavy (non-hydrogen) atoms. The quantitative estimate of drug-likeness (QED) is 0.912. The van der Waals surface area contributed by atoms with E-state index >= 15 is 0 Å². The zero-order valence-electron chi connectivity index (χ0n) is 13.6. The van der Waals surface area contributed by atoms with E-state index in [0.29, 0.717) is 12.5 Å². The molecule has 0 radical (unpaired) electrons. The number of hydrogen-bond donors (Lipinski definition) is 1. The highest BCUT2D eigenvalue weighted by Crippen LogP contribution is 2.44. The van der Waals surface area contributed by atoms with Crippen LogP contribution in [-0.2, 0) is 10.4 Å². The van der Waals surface area contributed by atoms with E-state index in [0.717, 1.165) is 38.2 Å². The van der Waals surface area contributed by atoms with Gasteiger partial charge in [0.2, 0.25) is 11.5 Å². The molecule has 0 spiro atoms. The van der Waals surface area contributed by atoms with Crippen LogP contribution >= 0.6 is 0 Å². The smallest absolute Gasteiger partial charge is 0.425 e. The van der Waals surface area contributed by atoms with Gasteiger partial charge in [0.25, 0.3) is 0 Å². The van der Waals surface area contributed by atoms with Gasteiger partial charge in [0.05, 0.1) is 6.42 Å². The summed E-state index contributed by atoms with van der Waals surface area (Å²) in [5.41, 5.74) is -3.29. The number of furan rings is 1.